The van der Waals surface area contributed by atoms with E-state index in [9.17, 15) is 17.8 Å². The molecule has 3 aliphatic heterocycles. The van der Waals surface area contributed by atoms with Gasteiger partial charge in [0.15, 0.2) is 0 Å². The van der Waals surface area contributed by atoms with Crippen molar-refractivity contribution in [2.24, 2.45) is 17.8 Å². The molecule has 1 saturated heterocycles. The lowest BCUT2D eigenvalue weighted by atomic mass is 9.63. The molecule has 2 bridgehead atoms. The molecule has 53 heavy (non-hydrogen) atoms. The number of benzene rings is 2. The Bertz CT molecular complexity index is 1800. The largest absolute Gasteiger partial charge is 0.490 e. The number of anilines is 1. The minimum Gasteiger partial charge on any atom is -0.490 e. The molecule has 2 fully saturated rings. The predicted octanol–water partition coefficient (Wildman–Crippen LogP) is 6.45. The van der Waals surface area contributed by atoms with Crippen LogP contribution in [0, 0.1) is 17.8 Å². The van der Waals surface area contributed by atoms with Crippen LogP contribution >= 0.6 is 11.6 Å². The van der Waals surface area contributed by atoms with Gasteiger partial charge in [0.05, 0.1) is 28.5 Å². The average molecular weight is 773 g/mol. The Morgan fingerprint density at radius 1 is 1.11 bits per heavy atom. The number of aryl methyl sites for hydroxylation is 1. The maximum absolute atomic E-state index is 14.0. The molecule has 3 heterocycles. The van der Waals surface area contributed by atoms with E-state index in [1.54, 1.807) is 13.2 Å². The smallest absolute Gasteiger partial charge is 0.262 e. The van der Waals surface area contributed by atoms with E-state index in [1.807, 2.05) is 36.9 Å². The van der Waals surface area contributed by atoms with Gasteiger partial charge in [0.1, 0.15) is 11.4 Å². The maximum Gasteiger partial charge on any atom is 0.262 e. The third-order valence-electron chi connectivity index (χ3n) is 13.1. The lowest BCUT2D eigenvalue weighted by Gasteiger charge is -2.52. The number of ether oxygens (including phenoxy) is 2. The van der Waals surface area contributed by atoms with Crippen LogP contribution in [0.4, 0.5) is 14.5 Å². The van der Waals surface area contributed by atoms with Crippen molar-refractivity contribution in [2.75, 3.05) is 71.0 Å². The molecule has 1 unspecified atom stereocenters. The number of carbonyl (C=O) groups excluding carboxylic acids is 1. The Kier molecular flexibility index (Phi) is 11.2. The minimum atomic E-state index is -3.00. The molecule has 1 amide bonds. The van der Waals surface area contributed by atoms with E-state index < -0.39 is 27.6 Å². The fraction of sp³-hybridized carbons (Fsp3) is 0.610. The number of methoxy groups -OCH3 is 1. The van der Waals surface area contributed by atoms with Gasteiger partial charge in [0.2, 0.25) is 0 Å². The number of hydrogen-bond donors (Lipinski definition) is 1. The van der Waals surface area contributed by atoms with Crippen molar-refractivity contribution in [3.8, 4) is 5.75 Å². The highest BCUT2D eigenvalue weighted by molar-refractivity contribution is 7.99. The molecule has 1 spiro atoms. The van der Waals surface area contributed by atoms with E-state index in [0.29, 0.717) is 57.9 Å². The molecule has 5 aliphatic rings. The van der Waals surface area contributed by atoms with E-state index in [4.69, 9.17) is 21.1 Å². The zero-order valence-corrected chi connectivity index (χ0v) is 32.9. The molecule has 2 aromatic carbocycles. The van der Waals surface area contributed by atoms with Crippen molar-refractivity contribution in [1.29, 1.82) is 0 Å². The average Bonchev–Trinajstić information content (AvgIpc) is 3.26. The van der Waals surface area contributed by atoms with Gasteiger partial charge in [-0.2, -0.15) is 0 Å². The molecule has 0 aromatic heterocycles. The standard InChI is InChI=1S/C41H55ClF2N4O4S/c1-28-7-5-16-41(51-3,26-47-19-17-46(18-20-47)24-38(43)44)35-12-9-32(35)23-48-25-40(15-6-8-30-21-33(42)11-13-34(30)40)27-52-37-14-10-31(22-36(37)48)39(49)45-53(4,50)29(28)2/h5,10-11,13-14,16,21-22,28-29,32,35,38H,4,6-9,12,15,17-20,23-27H2,1-3H3,(H,45,49,50)/b16-5+/t28-,29+,32-,35+,40-,41+,53?/m0/s1. The third-order valence-corrected chi connectivity index (χ3v) is 15.5. The van der Waals surface area contributed by atoms with E-state index in [-0.39, 0.29) is 35.0 Å². The predicted molar refractivity (Wildman–Crippen MR) is 210 cm³/mol. The lowest BCUT2D eigenvalue weighted by Crippen LogP contribution is -2.59. The van der Waals surface area contributed by atoms with Gasteiger partial charge in [-0.15, -0.1) is 0 Å². The highest BCUT2D eigenvalue weighted by Gasteiger charge is 2.50. The summed E-state index contributed by atoms with van der Waals surface area (Å²) in [5.74, 6) is 4.82. The van der Waals surface area contributed by atoms with Gasteiger partial charge in [-0.25, -0.2) is 13.0 Å². The Morgan fingerprint density at radius 2 is 1.89 bits per heavy atom. The summed E-state index contributed by atoms with van der Waals surface area (Å²) in [6.45, 7) is 8.98. The molecule has 0 radical (unpaired) electrons. The number of alkyl halides is 2. The second-order valence-electron chi connectivity index (χ2n) is 16.3. The molecule has 1 N–H and O–H groups in total. The van der Waals surface area contributed by atoms with Gasteiger partial charge in [0.25, 0.3) is 12.3 Å². The molecule has 7 rings (SSSR count). The number of nitrogens with zero attached hydrogens (tertiary/aromatic N) is 3. The summed E-state index contributed by atoms with van der Waals surface area (Å²) < 4.78 is 56.6. The number of carbonyl (C=O) groups is 1. The van der Waals surface area contributed by atoms with Gasteiger partial charge in [-0.1, -0.05) is 36.7 Å². The first-order valence-electron chi connectivity index (χ1n) is 19.3. The molecule has 7 atom stereocenters. The lowest BCUT2D eigenvalue weighted by molar-refractivity contribution is -0.0963. The molecule has 2 aliphatic carbocycles. The van der Waals surface area contributed by atoms with Crippen molar-refractivity contribution in [3.63, 3.8) is 0 Å². The second kappa shape index (κ2) is 15.4. The van der Waals surface area contributed by atoms with Gasteiger partial charge in [-0.3, -0.25) is 19.3 Å². The first kappa shape index (κ1) is 38.6. The number of rotatable bonds is 5. The number of fused-ring (bicyclic) bond motifs is 4. The zero-order chi connectivity index (χ0) is 37.5. The second-order valence-corrected chi connectivity index (χ2v) is 19.2. The summed E-state index contributed by atoms with van der Waals surface area (Å²) in [6.07, 6.45) is 7.70. The summed E-state index contributed by atoms with van der Waals surface area (Å²) in [5.41, 5.74) is 2.95. The zero-order valence-electron chi connectivity index (χ0n) is 31.3. The molecule has 12 heteroatoms. The van der Waals surface area contributed by atoms with Gasteiger partial charge < -0.3 is 14.4 Å². The highest BCUT2D eigenvalue weighted by Crippen LogP contribution is 2.49. The number of piperazine rings is 1. The molecule has 2 aromatic rings. The van der Waals surface area contributed by atoms with Crippen LogP contribution in [0.2, 0.25) is 5.02 Å². The number of allylic oxidation sites excluding steroid dienone is 1. The van der Waals surface area contributed by atoms with E-state index in [2.05, 4.69) is 44.7 Å². The van der Waals surface area contributed by atoms with Crippen LogP contribution in [0.25, 0.3) is 0 Å². The summed E-state index contributed by atoms with van der Waals surface area (Å²) in [6, 6.07) is 11.8. The summed E-state index contributed by atoms with van der Waals surface area (Å²) >= 11 is 6.49. The van der Waals surface area contributed by atoms with E-state index >= 15 is 0 Å². The fourth-order valence-corrected chi connectivity index (χ4v) is 11.3. The molecule has 290 valence electrons. The van der Waals surface area contributed by atoms with Crippen LogP contribution in [0.3, 0.4) is 0 Å². The van der Waals surface area contributed by atoms with E-state index in [1.165, 1.54) is 11.1 Å². The maximum atomic E-state index is 14.0. The van der Waals surface area contributed by atoms with Gasteiger partial charge >= 0.3 is 0 Å². The number of hydrogen-bond acceptors (Lipinski definition) is 7. The SMILES string of the molecule is C=S1(=O)NC(=O)c2ccc3c(c2)N(C[C@@H]2CC[C@H]2[C@@](CN2CCN(CC(F)F)CC2)(OC)/C=C/C[C@H](C)[C@H]1C)C[C@@]1(CCCc2cc(Cl)ccc21)CO3. The van der Waals surface area contributed by atoms with Gasteiger partial charge in [-0.05, 0) is 111 Å². The molecule has 1 saturated carbocycles. The van der Waals surface area contributed by atoms with Crippen molar-refractivity contribution in [2.45, 2.75) is 75.1 Å². The van der Waals surface area contributed by atoms with Crippen LogP contribution in [0.15, 0.2) is 48.6 Å². The number of amides is 1. The molecule has 8 nitrogen and oxygen atoms in total. The Hall–Kier alpha value is -2.70. The van der Waals surface area contributed by atoms with Crippen LogP contribution < -0.4 is 14.4 Å². The van der Waals surface area contributed by atoms with Gasteiger partial charge in [0, 0.05) is 74.2 Å². The van der Waals surface area contributed by atoms with Crippen LogP contribution in [0.1, 0.15) is 67.4 Å². The Labute approximate surface area is 319 Å². The first-order valence-corrected chi connectivity index (χ1v) is 21.4. The van der Waals surface area contributed by atoms with E-state index in [0.717, 1.165) is 55.1 Å². The monoisotopic (exact) mass is 772 g/mol. The molecular weight excluding hydrogens is 718 g/mol. The summed E-state index contributed by atoms with van der Waals surface area (Å²) in [7, 11) is -1.20. The normalized spacial score (nSPS) is 34.7. The Morgan fingerprint density at radius 3 is 2.60 bits per heavy atom. The minimum absolute atomic E-state index is 0.0329. The fourth-order valence-electron chi connectivity index (χ4n) is 9.58. The van der Waals surface area contributed by atoms with Crippen molar-refractivity contribution in [3.05, 3.63) is 70.3 Å². The van der Waals surface area contributed by atoms with Crippen molar-refractivity contribution >= 4 is 38.8 Å². The summed E-state index contributed by atoms with van der Waals surface area (Å²) in [5, 5.41) is 0.349. The topological polar surface area (TPSA) is 74.4 Å². The summed E-state index contributed by atoms with van der Waals surface area (Å²) in [4.78, 5) is 20.4. The van der Waals surface area contributed by atoms with Crippen molar-refractivity contribution < 1.29 is 27.3 Å². The quantitative estimate of drug-likeness (QED) is 0.277. The Balaban J connectivity index is 1.27. The molecular formula is C41H55ClF2N4O4S. The third kappa shape index (κ3) is 7.88. The van der Waals surface area contributed by atoms with Crippen LogP contribution in [-0.2, 0) is 26.3 Å². The first-order chi connectivity index (χ1) is 25.3. The van der Waals surface area contributed by atoms with Crippen LogP contribution in [0.5, 0.6) is 5.75 Å². The van der Waals surface area contributed by atoms with Crippen molar-refractivity contribution in [1.82, 2.24) is 14.5 Å². The number of nitrogens with one attached hydrogen (secondary N) is 1. The number of halogens is 3. The van der Waals surface area contributed by atoms with Crippen LogP contribution in [-0.4, -0.2) is 109 Å². The highest BCUT2D eigenvalue weighted by atomic mass is 35.5.